The summed E-state index contributed by atoms with van der Waals surface area (Å²) in [4.78, 5) is 17.4. The van der Waals surface area contributed by atoms with Crippen LogP contribution in [0.5, 0.6) is 0 Å². The third-order valence-electron chi connectivity index (χ3n) is 3.73. The largest absolute Gasteiger partial charge is 0.356 e. The van der Waals surface area contributed by atoms with Gasteiger partial charge in [0.25, 0.3) is 0 Å². The Morgan fingerprint density at radius 2 is 2.18 bits per heavy atom. The van der Waals surface area contributed by atoms with Crippen molar-refractivity contribution in [1.29, 1.82) is 0 Å². The Balaban J connectivity index is 1.42. The van der Waals surface area contributed by atoms with E-state index in [9.17, 15) is 4.79 Å². The van der Waals surface area contributed by atoms with Gasteiger partial charge in [0, 0.05) is 37.2 Å². The van der Waals surface area contributed by atoms with Crippen LogP contribution in [0.1, 0.15) is 23.2 Å². The fraction of sp³-hybridized carbons (Fsp3) is 0.294. The Morgan fingerprint density at radius 3 is 3.00 bits per heavy atom. The van der Waals surface area contributed by atoms with Crippen molar-refractivity contribution in [2.24, 2.45) is 0 Å². The molecule has 0 atom stereocenters. The van der Waals surface area contributed by atoms with Gasteiger partial charge in [-0.15, -0.1) is 11.3 Å². The number of hydrogen-bond donors (Lipinski definition) is 1. The zero-order chi connectivity index (χ0) is 15.4. The second kappa shape index (κ2) is 6.75. The first kappa shape index (κ1) is 14.8. The van der Waals surface area contributed by atoms with Crippen molar-refractivity contribution < 1.29 is 4.79 Å². The lowest BCUT2D eigenvalue weighted by Crippen LogP contribution is -2.26. The summed E-state index contributed by atoms with van der Waals surface area (Å²) in [6.45, 7) is 2.72. The molecular formula is C17H19N3OS. The average molecular weight is 313 g/mol. The van der Waals surface area contributed by atoms with Gasteiger partial charge in [-0.05, 0) is 24.5 Å². The number of hydrogen-bond acceptors (Lipinski definition) is 3. The number of rotatable bonds is 6. The molecule has 0 unspecified atom stereocenters. The lowest BCUT2D eigenvalue weighted by Gasteiger charge is -2.06. The van der Waals surface area contributed by atoms with E-state index in [0.29, 0.717) is 13.0 Å². The highest BCUT2D eigenvalue weighted by molar-refractivity contribution is 7.15. The predicted molar refractivity (Wildman–Crippen MR) is 89.3 cm³/mol. The minimum Gasteiger partial charge on any atom is -0.356 e. The molecule has 0 saturated carbocycles. The molecule has 0 radical (unpaired) electrons. The number of carbonyl (C=O) groups excluding carboxylic acids is 1. The van der Waals surface area contributed by atoms with E-state index >= 15 is 0 Å². The van der Waals surface area contributed by atoms with Crippen LogP contribution < -0.4 is 5.32 Å². The van der Waals surface area contributed by atoms with Crippen molar-refractivity contribution in [2.75, 3.05) is 6.54 Å². The van der Waals surface area contributed by atoms with E-state index in [-0.39, 0.29) is 5.91 Å². The smallest absolute Gasteiger partial charge is 0.220 e. The molecule has 0 aliphatic carbocycles. The van der Waals surface area contributed by atoms with Crippen LogP contribution in [0.15, 0.2) is 42.0 Å². The first-order valence-electron chi connectivity index (χ1n) is 7.44. The van der Waals surface area contributed by atoms with Gasteiger partial charge in [-0.25, -0.2) is 4.98 Å². The van der Waals surface area contributed by atoms with E-state index in [1.165, 1.54) is 11.1 Å². The van der Waals surface area contributed by atoms with Gasteiger partial charge in [0.1, 0.15) is 0 Å². The normalized spacial score (nSPS) is 11.0. The zero-order valence-corrected chi connectivity index (χ0v) is 13.4. The number of carbonyl (C=O) groups is 1. The summed E-state index contributed by atoms with van der Waals surface area (Å²) < 4.78 is 2.01. The number of aryl methyl sites for hydroxylation is 2. The number of benzene rings is 1. The molecule has 2 aromatic heterocycles. The Kier molecular flexibility index (Phi) is 4.53. The third-order valence-corrected chi connectivity index (χ3v) is 4.50. The molecule has 0 spiro atoms. The van der Waals surface area contributed by atoms with Gasteiger partial charge < -0.3 is 5.32 Å². The monoisotopic (exact) mass is 313 g/mol. The van der Waals surface area contributed by atoms with Gasteiger partial charge in [-0.3, -0.25) is 9.20 Å². The van der Waals surface area contributed by atoms with Crippen LogP contribution in [-0.4, -0.2) is 21.8 Å². The lowest BCUT2D eigenvalue weighted by molar-refractivity contribution is -0.121. The topological polar surface area (TPSA) is 46.4 Å². The van der Waals surface area contributed by atoms with Crippen molar-refractivity contribution in [1.82, 2.24) is 14.7 Å². The molecule has 0 saturated heterocycles. The van der Waals surface area contributed by atoms with Crippen LogP contribution >= 0.6 is 11.3 Å². The van der Waals surface area contributed by atoms with Crippen molar-refractivity contribution in [2.45, 2.75) is 26.2 Å². The highest BCUT2D eigenvalue weighted by atomic mass is 32.1. The van der Waals surface area contributed by atoms with Crippen LogP contribution in [0.3, 0.4) is 0 Å². The first-order valence-corrected chi connectivity index (χ1v) is 8.32. The van der Waals surface area contributed by atoms with Gasteiger partial charge in [0.15, 0.2) is 4.96 Å². The van der Waals surface area contributed by atoms with Crippen molar-refractivity contribution >= 4 is 22.2 Å². The molecule has 0 bridgehead atoms. The van der Waals surface area contributed by atoms with Gasteiger partial charge in [-0.2, -0.15) is 0 Å². The number of aromatic nitrogens is 2. The second-order valence-corrected chi connectivity index (χ2v) is 6.22. The number of amides is 1. The van der Waals surface area contributed by atoms with Gasteiger partial charge >= 0.3 is 0 Å². The maximum Gasteiger partial charge on any atom is 0.220 e. The molecule has 4 nitrogen and oxygen atoms in total. The molecular weight excluding hydrogens is 294 g/mol. The SMILES string of the molecule is Cc1ccccc1CCC(=O)NCCc1cn2ccsc2n1. The maximum absolute atomic E-state index is 11.9. The molecule has 2 heterocycles. The summed E-state index contributed by atoms with van der Waals surface area (Å²) in [6.07, 6.45) is 6.11. The van der Waals surface area contributed by atoms with Crippen molar-refractivity contribution in [3.8, 4) is 0 Å². The molecule has 3 rings (SSSR count). The molecule has 3 aromatic rings. The van der Waals surface area contributed by atoms with E-state index in [2.05, 4.69) is 29.4 Å². The van der Waals surface area contributed by atoms with E-state index in [4.69, 9.17) is 0 Å². The van der Waals surface area contributed by atoms with E-state index in [1.807, 2.05) is 34.3 Å². The minimum atomic E-state index is 0.101. The highest BCUT2D eigenvalue weighted by Crippen LogP contribution is 2.11. The Hall–Kier alpha value is -2.14. The molecule has 114 valence electrons. The summed E-state index contributed by atoms with van der Waals surface area (Å²) in [6, 6.07) is 8.21. The molecule has 0 aliphatic rings. The fourth-order valence-electron chi connectivity index (χ4n) is 2.45. The molecule has 0 aliphatic heterocycles. The standard InChI is InChI=1S/C17H19N3OS/c1-13-4-2-3-5-14(13)6-7-16(21)18-9-8-15-12-20-10-11-22-17(20)19-15/h2-5,10-12H,6-9H2,1H3,(H,18,21). The number of thiazole rings is 1. The lowest BCUT2D eigenvalue weighted by atomic mass is 10.0. The number of nitrogens with zero attached hydrogens (tertiary/aromatic N) is 2. The third kappa shape index (κ3) is 3.54. The van der Waals surface area contributed by atoms with Crippen LogP contribution in [0.2, 0.25) is 0 Å². The Bertz CT molecular complexity index is 746. The average Bonchev–Trinajstić information content (AvgIpc) is 3.07. The molecule has 0 fully saturated rings. The molecule has 1 N–H and O–H groups in total. The van der Waals surface area contributed by atoms with Crippen LogP contribution in [0.4, 0.5) is 0 Å². The van der Waals surface area contributed by atoms with E-state index in [1.54, 1.807) is 11.3 Å². The van der Waals surface area contributed by atoms with Gasteiger partial charge in [-0.1, -0.05) is 24.3 Å². The maximum atomic E-state index is 11.9. The summed E-state index contributed by atoms with van der Waals surface area (Å²) in [5.41, 5.74) is 3.51. The number of fused-ring (bicyclic) bond motifs is 1. The molecule has 5 heteroatoms. The highest BCUT2D eigenvalue weighted by Gasteiger charge is 2.05. The number of imidazole rings is 1. The van der Waals surface area contributed by atoms with Crippen molar-refractivity contribution in [3.05, 3.63) is 58.9 Å². The predicted octanol–water partition coefficient (Wildman–Crippen LogP) is 3.00. The van der Waals surface area contributed by atoms with E-state index < -0.39 is 0 Å². The van der Waals surface area contributed by atoms with Crippen LogP contribution in [0.25, 0.3) is 4.96 Å². The van der Waals surface area contributed by atoms with Crippen LogP contribution in [0, 0.1) is 6.92 Å². The Labute approximate surface area is 133 Å². The van der Waals surface area contributed by atoms with Gasteiger partial charge in [0.05, 0.1) is 5.69 Å². The molecule has 1 amide bonds. The Morgan fingerprint density at radius 1 is 1.32 bits per heavy atom. The summed E-state index contributed by atoms with van der Waals surface area (Å²) in [7, 11) is 0. The van der Waals surface area contributed by atoms with Gasteiger partial charge in [0.2, 0.25) is 5.91 Å². The van der Waals surface area contributed by atoms with Crippen LogP contribution in [-0.2, 0) is 17.6 Å². The molecule has 22 heavy (non-hydrogen) atoms. The zero-order valence-electron chi connectivity index (χ0n) is 12.6. The summed E-state index contributed by atoms with van der Waals surface area (Å²) >= 11 is 1.62. The minimum absolute atomic E-state index is 0.101. The van der Waals surface area contributed by atoms with Crippen molar-refractivity contribution in [3.63, 3.8) is 0 Å². The van der Waals surface area contributed by atoms with E-state index in [0.717, 1.165) is 23.5 Å². The fourth-order valence-corrected chi connectivity index (χ4v) is 3.17. The second-order valence-electron chi connectivity index (χ2n) is 5.35. The number of nitrogens with one attached hydrogen (secondary N) is 1. The first-order chi connectivity index (χ1) is 10.7. The molecule has 1 aromatic carbocycles. The summed E-state index contributed by atoms with van der Waals surface area (Å²) in [5, 5.41) is 4.99. The summed E-state index contributed by atoms with van der Waals surface area (Å²) in [5.74, 6) is 0.101. The quantitative estimate of drug-likeness (QED) is 0.760.